The summed E-state index contributed by atoms with van der Waals surface area (Å²) in [5, 5.41) is 10.3. The van der Waals surface area contributed by atoms with Gasteiger partial charge in [0.25, 0.3) is 5.91 Å². The molecule has 4 aromatic rings. The fourth-order valence-corrected chi connectivity index (χ4v) is 5.16. The number of nitrogens with one attached hydrogen (secondary N) is 1. The van der Waals surface area contributed by atoms with Crippen LogP contribution in [-0.2, 0) is 11.2 Å². The van der Waals surface area contributed by atoms with Crippen molar-refractivity contribution in [2.24, 2.45) is 0 Å². The van der Waals surface area contributed by atoms with Crippen molar-refractivity contribution in [2.75, 3.05) is 4.90 Å². The minimum atomic E-state index is -1.06. The summed E-state index contributed by atoms with van der Waals surface area (Å²) in [4.78, 5) is 44.9. The Labute approximate surface area is 195 Å². The molecule has 1 saturated heterocycles. The first-order chi connectivity index (χ1) is 16.4. The van der Waals surface area contributed by atoms with Gasteiger partial charge in [-0.2, -0.15) is 0 Å². The summed E-state index contributed by atoms with van der Waals surface area (Å²) >= 11 is 0. The van der Waals surface area contributed by atoms with Crippen LogP contribution in [0.1, 0.15) is 38.8 Å². The Hall–Kier alpha value is -4.39. The van der Waals surface area contributed by atoms with Gasteiger partial charge in [-0.05, 0) is 48.4 Å². The molecule has 2 N–H and O–H groups in total. The number of aromatic amines is 1. The van der Waals surface area contributed by atoms with E-state index in [0.717, 1.165) is 33.3 Å². The van der Waals surface area contributed by atoms with Crippen LogP contribution in [0.2, 0.25) is 0 Å². The average Bonchev–Trinajstić information content (AvgIpc) is 3.33. The summed E-state index contributed by atoms with van der Waals surface area (Å²) in [6.45, 7) is 2.01. The Morgan fingerprint density at radius 1 is 0.971 bits per heavy atom. The van der Waals surface area contributed by atoms with Crippen molar-refractivity contribution in [3.05, 3.63) is 101 Å². The highest BCUT2D eigenvalue weighted by Gasteiger charge is 2.53. The number of hydrogen-bond acceptors (Lipinski definition) is 3. The van der Waals surface area contributed by atoms with Crippen molar-refractivity contribution in [3.63, 3.8) is 0 Å². The fourth-order valence-electron chi connectivity index (χ4n) is 5.16. The average molecular weight is 451 g/mol. The number of nitrogens with zero attached hydrogens (tertiary/aromatic N) is 2. The number of carboxylic acids is 1. The number of H-pyrrole nitrogens is 1. The molecule has 0 spiro atoms. The van der Waals surface area contributed by atoms with Gasteiger partial charge in [-0.15, -0.1) is 0 Å². The molecule has 2 aliphatic heterocycles. The normalized spacial score (nSPS) is 19.4. The van der Waals surface area contributed by atoms with Crippen molar-refractivity contribution in [3.8, 4) is 0 Å². The molecule has 0 radical (unpaired) electrons. The monoisotopic (exact) mass is 451 g/mol. The van der Waals surface area contributed by atoms with E-state index in [2.05, 4.69) is 4.98 Å². The number of fused-ring (bicyclic) bond motifs is 4. The van der Waals surface area contributed by atoms with Gasteiger partial charge < -0.3 is 10.1 Å². The summed E-state index contributed by atoms with van der Waals surface area (Å²) in [6.07, 6.45) is 0.413. The van der Waals surface area contributed by atoms with Gasteiger partial charge in [0.2, 0.25) is 0 Å². The van der Waals surface area contributed by atoms with E-state index in [1.807, 2.05) is 55.5 Å². The first-order valence-corrected chi connectivity index (χ1v) is 11.1. The SMILES string of the molecule is Cc1ccc([C@H]2c3[nH]c4ccccc4c3C[C@H]3C(=O)N(c4ccc(C(=O)O)cc4)C(=O)N23)cc1. The largest absolute Gasteiger partial charge is 0.478 e. The van der Waals surface area contributed by atoms with Gasteiger partial charge >= 0.3 is 12.0 Å². The maximum absolute atomic E-state index is 13.7. The van der Waals surface area contributed by atoms with E-state index in [4.69, 9.17) is 0 Å². The van der Waals surface area contributed by atoms with E-state index in [0.29, 0.717) is 12.1 Å². The van der Waals surface area contributed by atoms with Gasteiger partial charge in [0.1, 0.15) is 12.1 Å². The molecule has 168 valence electrons. The fraction of sp³-hybridized carbons (Fsp3) is 0.148. The minimum Gasteiger partial charge on any atom is -0.478 e. The van der Waals surface area contributed by atoms with Crippen LogP contribution < -0.4 is 4.90 Å². The number of aromatic nitrogens is 1. The zero-order valence-corrected chi connectivity index (χ0v) is 18.4. The maximum Gasteiger partial charge on any atom is 0.335 e. The summed E-state index contributed by atoms with van der Waals surface area (Å²) in [6, 6.07) is 20.3. The lowest BCUT2D eigenvalue weighted by Gasteiger charge is -2.36. The Morgan fingerprint density at radius 3 is 2.38 bits per heavy atom. The zero-order chi connectivity index (χ0) is 23.6. The van der Waals surface area contributed by atoms with Gasteiger partial charge in [0.15, 0.2) is 0 Å². The summed E-state index contributed by atoms with van der Waals surface area (Å²) in [7, 11) is 0. The molecule has 2 atom stereocenters. The summed E-state index contributed by atoms with van der Waals surface area (Å²) in [5.74, 6) is -1.37. The molecule has 1 fully saturated rings. The number of benzene rings is 3. The molecule has 2 aliphatic rings. The van der Waals surface area contributed by atoms with E-state index < -0.39 is 24.1 Å². The number of carbonyl (C=O) groups excluding carboxylic acids is 2. The van der Waals surface area contributed by atoms with Crippen LogP contribution >= 0.6 is 0 Å². The Morgan fingerprint density at radius 2 is 1.68 bits per heavy atom. The zero-order valence-electron chi connectivity index (χ0n) is 18.4. The van der Waals surface area contributed by atoms with Crippen LogP contribution in [0.25, 0.3) is 10.9 Å². The number of para-hydroxylation sites is 1. The van der Waals surface area contributed by atoms with Gasteiger partial charge in [-0.25, -0.2) is 14.5 Å². The van der Waals surface area contributed by atoms with Crippen LogP contribution in [0.3, 0.4) is 0 Å². The van der Waals surface area contributed by atoms with E-state index in [1.165, 1.54) is 29.2 Å². The second kappa shape index (κ2) is 7.31. The maximum atomic E-state index is 13.7. The quantitative estimate of drug-likeness (QED) is 0.443. The molecule has 6 rings (SSSR count). The Balaban J connectivity index is 1.50. The van der Waals surface area contributed by atoms with Crippen molar-refractivity contribution in [2.45, 2.75) is 25.4 Å². The molecule has 7 nitrogen and oxygen atoms in total. The van der Waals surface area contributed by atoms with Gasteiger partial charge in [0, 0.05) is 23.0 Å². The molecule has 1 aromatic heterocycles. The second-order valence-corrected chi connectivity index (χ2v) is 8.81. The van der Waals surface area contributed by atoms with Gasteiger partial charge in [0.05, 0.1) is 11.3 Å². The molecular weight excluding hydrogens is 430 g/mol. The number of hydrogen-bond donors (Lipinski definition) is 2. The molecule has 0 aliphatic carbocycles. The number of aryl methyl sites for hydroxylation is 1. The Kier molecular flexibility index (Phi) is 4.35. The third kappa shape index (κ3) is 2.86. The molecule has 0 saturated carbocycles. The lowest BCUT2D eigenvalue weighted by molar-refractivity contribution is -0.120. The lowest BCUT2D eigenvalue weighted by atomic mass is 9.88. The molecular formula is C27H21N3O4. The lowest BCUT2D eigenvalue weighted by Crippen LogP contribution is -2.44. The van der Waals surface area contributed by atoms with Crippen LogP contribution in [0.5, 0.6) is 0 Å². The molecule has 7 heteroatoms. The number of carboxylic acid groups (broad SMARTS) is 1. The van der Waals surface area contributed by atoms with Gasteiger partial charge in [-0.3, -0.25) is 9.69 Å². The first kappa shape index (κ1) is 20.2. The predicted octanol–water partition coefficient (Wildman–Crippen LogP) is 4.66. The van der Waals surface area contributed by atoms with Crippen LogP contribution in [0.15, 0.2) is 72.8 Å². The van der Waals surface area contributed by atoms with Crippen LogP contribution in [0.4, 0.5) is 10.5 Å². The number of urea groups is 1. The standard InChI is InChI=1S/C27H21N3O4/c1-15-6-8-16(9-7-15)24-23-20(19-4-2-3-5-21(19)28-23)14-22-25(31)29(27(34)30(22)24)18-12-10-17(11-13-18)26(32)33/h2-13,22,24,28H,14H2,1H3,(H,32,33)/t22-,24-/m0/s1. The van der Waals surface area contributed by atoms with E-state index in [9.17, 15) is 19.5 Å². The van der Waals surface area contributed by atoms with Crippen molar-refractivity contribution >= 4 is 34.5 Å². The number of amides is 3. The number of imide groups is 1. The third-order valence-electron chi connectivity index (χ3n) is 6.81. The highest BCUT2D eigenvalue weighted by atomic mass is 16.4. The second-order valence-electron chi connectivity index (χ2n) is 8.81. The number of rotatable bonds is 3. The number of carbonyl (C=O) groups is 3. The van der Waals surface area contributed by atoms with Crippen molar-refractivity contribution < 1.29 is 19.5 Å². The van der Waals surface area contributed by atoms with Crippen LogP contribution in [-0.4, -0.2) is 38.9 Å². The first-order valence-electron chi connectivity index (χ1n) is 11.1. The van der Waals surface area contributed by atoms with Crippen molar-refractivity contribution in [1.82, 2.24) is 9.88 Å². The van der Waals surface area contributed by atoms with Crippen LogP contribution in [0, 0.1) is 6.92 Å². The summed E-state index contributed by atoms with van der Waals surface area (Å²) < 4.78 is 0. The molecule has 34 heavy (non-hydrogen) atoms. The molecule has 3 amide bonds. The van der Waals surface area contributed by atoms with E-state index >= 15 is 0 Å². The molecule has 0 unspecified atom stereocenters. The van der Waals surface area contributed by atoms with E-state index in [-0.39, 0.29) is 11.5 Å². The Bertz CT molecular complexity index is 1470. The number of aromatic carboxylic acids is 1. The highest BCUT2D eigenvalue weighted by molar-refractivity contribution is 6.22. The minimum absolute atomic E-state index is 0.0968. The van der Waals surface area contributed by atoms with Crippen molar-refractivity contribution in [1.29, 1.82) is 0 Å². The smallest absolute Gasteiger partial charge is 0.335 e. The van der Waals surface area contributed by atoms with Gasteiger partial charge in [-0.1, -0.05) is 48.0 Å². The topological polar surface area (TPSA) is 93.7 Å². The van der Waals surface area contributed by atoms with E-state index in [1.54, 1.807) is 4.90 Å². The number of anilines is 1. The molecule has 3 heterocycles. The summed E-state index contributed by atoms with van der Waals surface area (Å²) in [5.41, 5.74) is 5.44. The molecule has 3 aromatic carbocycles. The third-order valence-corrected chi connectivity index (χ3v) is 6.81. The predicted molar refractivity (Wildman–Crippen MR) is 127 cm³/mol. The molecule has 0 bridgehead atoms. The highest BCUT2D eigenvalue weighted by Crippen LogP contribution is 2.44.